The Morgan fingerprint density at radius 1 is 1.17 bits per heavy atom. The van der Waals surface area contributed by atoms with Crippen molar-refractivity contribution in [1.29, 1.82) is 0 Å². The average Bonchev–Trinajstić information content (AvgIpc) is 3.12. The Morgan fingerprint density at radius 2 is 1.91 bits per heavy atom. The molecule has 2 aromatic rings. The number of aromatic carboxylic acids is 1. The summed E-state index contributed by atoms with van der Waals surface area (Å²) in [7, 11) is 0. The predicted octanol–water partition coefficient (Wildman–Crippen LogP) is 3.68. The van der Waals surface area contributed by atoms with Gasteiger partial charge in [0.1, 0.15) is 0 Å². The molecule has 1 aromatic carbocycles. The van der Waals surface area contributed by atoms with Crippen LogP contribution in [0.25, 0.3) is 6.08 Å². The minimum Gasteiger partial charge on any atom is -0.478 e. The number of imide groups is 1. The van der Waals surface area contributed by atoms with Crippen molar-refractivity contribution < 1.29 is 19.5 Å². The number of amides is 2. The number of carboxylic acid groups (broad SMARTS) is 1. The second-order valence-corrected chi connectivity index (χ2v) is 6.76. The van der Waals surface area contributed by atoms with Crippen molar-refractivity contribution in [1.82, 2.24) is 4.90 Å². The molecule has 3 rings (SSSR count). The molecule has 5 nitrogen and oxygen atoms in total. The van der Waals surface area contributed by atoms with Crippen molar-refractivity contribution in [3.63, 3.8) is 0 Å². The van der Waals surface area contributed by atoms with Crippen LogP contribution in [-0.4, -0.2) is 27.1 Å². The van der Waals surface area contributed by atoms with Gasteiger partial charge >= 0.3 is 5.97 Å². The molecular weight excluding hydrogens is 334 g/mol. The third-order valence-electron chi connectivity index (χ3n) is 3.23. The number of hydrogen-bond donors (Lipinski definition) is 1. The van der Waals surface area contributed by atoms with Crippen molar-refractivity contribution in [2.24, 2.45) is 0 Å². The van der Waals surface area contributed by atoms with E-state index < -0.39 is 5.97 Å². The summed E-state index contributed by atoms with van der Waals surface area (Å²) in [5.41, 5.74) is 0.871. The zero-order valence-corrected chi connectivity index (χ0v) is 13.4. The standard InChI is InChI=1S/C16H11NO4S2/c18-14-13(8-12-2-1-7-22-12)23-16(21)17(14)9-10-3-5-11(6-4-10)15(19)20/h1-8H,9H2,(H,19,20)/b13-8-. The number of rotatable bonds is 4. The summed E-state index contributed by atoms with van der Waals surface area (Å²) in [6, 6.07) is 9.88. The van der Waals surface area contributed by atoms with Crippen LogP contribution in [0.3, 0.4) is 0 Å². The highest BCUT2D eigenvalue weighted by molar-refractivity contribution is 8.18. The SMILES string of the molecule is O=C(O)c1ccc(CN2C(=O)S/C(=C\c3cccs3)C2=O)cc1. The summed E-state index contributed by atoms with van der Waals surface area (Å²) in [4.78, 5) is 37.7. The van der Waals surface area contributed by atoms with Gasteiger partial charge in [0.2, 0.25) is 0 Å². The number of thiophene rings is 1. The number of nitrogens with zero attached hydrogens (tertiary/aromatic N) is 1. The van der Waals surface area contributed by atoms with Crippen LogP contribution >= 0.6 is 23.1 Å². The minimum absolute atomic E-state index is 0.131. The topological polar surface area (TPSA) is 74.7 Å². The monoisotopic (exact) mass is 345 g/mol. The summed E-state index contributed by atoms with van der Waals surface area (Å²) in [5, 5.41) is 10.5. The third kappa shape index (κ3) is 3.35. The Labute approximate surface area is 140 Å². The van der Waals surface area contributed by atoms with Crippen LogP contribution in [0.15, 0.2) is 46.7 Å². The number of carbonyl (C=O) groups is 3. The zero-order valence-electron chi connectivity index (χ0n) is 11.8. The number of benzene rings is 1. The summed E-state index contributed by atoms with van der Waals surface area (Å²) < 4.78 is 0. The molecule has 23 heavy (non-hydrogen) atoms. The van der Waals surface area contributed by atoms with Gasteiger partial charge in [-0.3, -0.25) is 14.5 Å². The normalized spacial score (nSPS) is 16.3. The van der Waals surface area contributed by atoms with Crippen molar-refractivity contribution in [3.05, 3.63) is 62.7 Å². The molecule has 1 fully saturated rings. The van der Waals surface area contributed by atoms with Gasteiger partial charge in [-0.05, 0) is 47.0 Å². The highest BCUT2D eigenvalue weighted by atomic mass is 32.2. The smallest absolute Gasteiger partial charge is 0.335 e. The maximum Gasteiger partial charge on any atom is 0.335 e. The van der Waals surface area contributed by atoms with E-state index in [0.717, 1.165) is 16.6 Å². The van der Waals surface area contributed by atoms with Gasteiger partial charge in [-0.1, -0.05) is 18.2 Å². The van der Waals surface area contributed by atoms with E-state index in [1.54, 1.807) is 18.2 Å². The first-order valence-electron chi connectivity index (χ1n) is 6.66. The fraction of sp³-hybridized carbons (Fsp3) is 0.0625. The Bertz CT molecular complexity index is 794. The minimum atomic E-state index is -1.01. The number of carboxylic acids is 1. The maximum absolute atomic E-state index is 12.3. The molecule has 0 radical (unpaired) electrons. The number of carbonyl (C=O) groups excluding carboxylic acids is 2. The summed E-state index contributed by atoms with van der Waals surface area (Å²) >= 11 is 2.41. The molecule has 0 saturated carbocycles. The Hall–Kier alpha value is -2.38. The second kappa shape index (κ2) is 6.39. The molecule has 0 atom stereocenters. The van der Waals surface area contributed by atoms with E-state index in [4.69, 9.17) is 5.11 Å². The molecule has 2 amide bonds. The van der Waals surface area contributed by atoms with E-state index in [0.29, 0.717) is 10.5 Å². The van der Waals surface area contributed by atoms with Crippen molar-refractivity contribution in [2.75, 3.05) is 0 Å². The van der Waals surface area contributed by atoms with Gasteiger partial charge in [-0.25, -0.2) is 4.79 Å². The molecule has 1 aliphatic rings. The van der Waals surface area contributed by atoms with E-state index in [2.05, 4.69) is 0 Å². The Morgan fingerprint density at radius 3 is 2.52 bits per heavy atom. The van der Waals surface area contributed by atoms with Gasteiger partial charge < -0.3 is 5.11 Å². The lowest BCUT2D eigenvalue weighted by Gasteiger charge is -2.12. The fourth-order valence-electron chi connectivity index (χ4n) is 2.07. The van der Waals surface area contributed by atoms with Crippen LogP contribution in [0, 0.1) is 0 Å². The highest BCUT2D eigenvalue weighted by Crippen LogP contribution is 2.33. The van der Waals surface area contributed by atoms with Crippen molar-refractivity contribution >= 4 is 46.3 Å². The van der Waals surface area contributed by atoms with Gasteiger partial charge in [0.05, 0.1) is 17.0 Å². The van der Waals surface area contributed by atoms with Gasteiger partial charge in [-0.15, -0.1) is 11.3 Å². The number of hydrogen-bond acceptors (Lipinski definition) is 5. The van der Waals surface area contributed by atoms with E-state index >= 15 is 0 Å². The molecule has 0 bridgehead atoms. The first-order valence-corrected chi connectivity index (χ1v) is 8.35. The van der Waals surface area contributed by atoms with Crippen LogP contribution in [0.2, 0.25) is 0 Å². The van der Waals surface area contributed by atoms with Crippen molar-refractivity contribution in [3.8, 4) is 0 Å². The molecule has 7 heteroatoms. The van der Waals surface area contributed by atoms with Crippen LogP contribution < -0.4 is 0 Å². The molecule has 1 aliphatic heterocycles. The summed E-state index contributed by atoms with van der Waals surface area (Å²) in [6.45, 7) is 0.131. The van der Waals surface area contributed by atoms with Gasteiger partial charge in [0.25, 0.3) is 11.1 Å². The first-order chi connectivity index (χ1) is 11.0. The van der Waals surface area contributed by atoms with Gasteiger partial charge in [0.15, 0.2) is 0 Å². The Balaban J connectivity index is 1.77. The van der Waals surface area contributed by atoms with Crippen LogP contribution in [0.5, 0.6) is 0 Å². The molecule has 116 valence electrons. The quantitative estimate of drug-likeness (QED) is 0.856. The van der Waals surface area contributed by atoms with Crippen LogP contribution in [0.4, 0.5) is 4.79 Å². The molecule has 1 N–H and O–H groups in total. The van der Waals surface area contributed by atoms with Gasteiger partial charge in [0, 0.05) is 4.88 Å². The van der Waals surface area contributed by atoms with E-state index in [1.165, 1.54) is 28.4 Å². The molecule has 0 spiro atoms. The number of thioether (sulfide) groups is 1. The average molecular weight is 345 g/mol. The zero-order chi connectivity index (χ0) is 16.4. The lowest BCUT2D eigenvalue weighted by Crippen LogP contribution is -2.27. The molecular formula is C16H11NO4S2. The highest BCUT2D eigenvalue weighted by Gasteiger charge is 2.35. The van der Waals surface area contributed by atoms with Crippen molar-refractivity contribution in [2.45, 2.75) is 6.54 Å². The molecule has 1 aromatic heterocycles. The third-order valence-corrected chi connectivity index (χ3v) is 4.96. The van der Waals surface area contributed by atoms with E-state index in [9.17, 15) is 14.4 Å². The van der Waals surface area contributed by atoms with E-state index in [1.807, 2.05) is 17.5 Å². The van der Waals surface area contributed by atoms with E-state index in [-0.39, 0.29) is 23.3 Å². The van der Waals surface area contributed by atoms with Crippen LogP contribution in [-0.2, 0) is 11.3 Å². The second-order valence-electron chi connectivity index (χ2n) is 4.79. The first kappa shape index (κ1) is 15.5. The molecule has 1 saturated heterocycles. The summed E-state index contributed by atoms with van der Waals surface area (Å²) in [5.74, 6) is -1.34. The summed E-state index contributed by atoms with van der Waals surface area (Å²) in [6.07, 6.45) is 1.71. The molecule has 0 unspecified atom stereocenters. The predicted molar refractivity (Wildman–Crippen MR) is 89.2 cm³/mol. The lowest BCUT2D eigenvalue weighted by molar-refractivity contribution is -0.123. The Kier molecular flexibility index (Phi) is 4.31. The fourth-order valence-corrected chi connectivity index (χ4v) is 3.64. The largest absolute Gasteiger partial charge is 0.478 e. The maximum atomic E-state index is 12.3. The molecule has 0 aliphatic carbocycles. The lowest BCUT2D eigenvalue weighted by atomic mass is 10.1. The molecule has 2 heterocycles. The van der Waals surface area contributed by atoms with Crippen LogP contribution in [0.1, 0.15) is 20.8 Å². The van der Waals surface area contributed by atoms with Gasteiger partial charge in [-0.2, -0.15) is 0 Å².